The van der Waals surface area contributed by atoms with E-state index in [4.69, 9.17) is 16.0 Å². The van der Waals surface area contributed by atoms with Gasteiger partial charge >= 0.3 is 6.01 Å². The maximum atomic E-state index is 11.8. The van der Waals surface area contributed by atoms with E-state index in [0.717, 1.165) is 13.0 Å². The van der Waals surface area contributed by atoms with E-state index in [1.165, 1.54) is 0 Å². The minimum atomic E-state index is -0.407. The normalized spacial score (nSPS) is 25.2. The van der Waals surface area contributed by atoms with Gasteiger partial charge in [-0.2, -0.15) is 0 Å². The number of aromatic nitrogens is 2. The lowest BCUT2D eigenvalue weighted by Crippen LogP contribution is -2.39. The van der Waals surface area contributed by atoms with Crippen LogP contribution in [0.25, 0.3) is 0 Å². The van der Waals surface area contributed by atoms with Gasteiger partial charge in [-0.3, -0.25) is 4.79 Å². The van der Waals surface area contributed by atoms with Crippen LogP contribution in [-0.2, 0) is 4.79 Å². The van der Waals surface area contributed by atoms with Crippen molar-refractivity contribution in [2.75, 3.05) is 25.0 Å². The Hall–Kier alpha value is -1.30. The highest BCUT2D eigenvalue weighted by Crippen LogP contribution is 2.33. The topological polar surface area (TPSA) is 71.3 Å². The van der Waals surface area contributed by atoms with Crippen LogP contribution in [0.4, 0.5) is 6.01 Å². The number of hydrogen-bond acceptors (Lipinski definition) is 5. The zero-order chi connectivity index (χ0) is 13.3. The van der Waals surface area contributed by atoms with Crippen LogP contribution in [-0.4, -0.2) is 36.2 Å². The van der Waals surface area contributed by atoms with E-state index in [9.17, 15) is 4.79 Å². The van der Waals surface area contributed by atoms with Crippen molar-refractivity contribution in [3.8, 4) is 0 Å². The molecule has 1 fully saturated rings. The third kappa shape index (κ3) is 2.29. The lowest BCUT2D eigenvalue weighted by atomic mass is 9.89. The minimum Gasteiger partial charge on any atom is -0.406 e. The molecule has 7 heteroatoms. The number of alkyl halides is 1. The van der Waals surface area contributed by atoms with Crippen molar-refractivity contribution in [1.82, 2.24) is 15.5 Å². The summed E-state index contributed by atoms with van der Waals surface area (Å²) in [5.74, 6) is 0.440. The van der Waals surface area contributed by atoms with Gasteiger partial charge in [0.15, 0.2) is 0 Å². The van der Waals surface area contributed by atoms with Gasteiger partial charge in [0.25, 0.3) is 0 Å². The quantitative estimate of drug-likeness (QED) is 0.841. The molecule has 6 nitrogen and oxygen atoms in total. The average Bonchev–Trinajstić information content (AvgIpc) is 2.95. The summed E-state index contributed by atoms with van der Waals surface area (Å²) < 4.78 is 5.48. The van der Waals surface area contributed by atoms with Crippen LogP contribution in [0.3, 0.4) is 0 Å². The van der Waals surface area contributed by atoms with Gasteiger partial charge in [0.05, 0.1) is 5.41 Å². The lowest BCUT2D eigenvalue weighted by molar-refractivity contribution is -0.128. The largest absolute Gasteiger partial charge is 0.406 e. The van der Waals surface area contributed by atoms with Crippen LogP contribution in [0.2, 0.25) is 0 Å². The number of carbonyl (C=O) groups excluding carboxylic acids is 1. The van der Waals surface area contributed by atoms with Crippen molar-refractivity contribution in [1.29, 1.82) is 0 Å². The monoisotopic (exact) mass is 272 g/mol. The summed E-state index contributed by atoms with van der Waals surface area (Å²) in [6.45, 7) is 5.01. The van der Waals surface area contributed by atoms with Gasteiger partial charge in [-0.05, 0) is 20.3 Å². The first-order valence-corrected chi connectivity index (χ1v) is 6.34. The average molecular weight is 273 g/mol. The van der Waals surface area contributed by atoms with Crippen molar-refractivity contribution in [2.45, 2.75) is 25.6 Å². The highest BCUT2D eigenvalue weighted by Gasteiger charge is 2.41. The molecule has 1 amide bonds. The first-order chi connectivity index (χ1) is 8.46. The summed E-state index contributed by atoms with van der Waals surface area (Å²) in [5.41, 5.74) is -0.407. The van der Waals surface area contributed by atoms with Crippen molar-refractivity contribution in [2.24, 2.45) is 5.41 Å². The number of anilines is 1. The van der Waals surface area contributed by atoms with E-state index < -0.39 is 5.41 Å². The van der Waals surface area contributed by atoms with E-state index in [0.29, 0.717) is 18.5 Å². The van der Waals surface area contributed by atoms with Gasteiger partial charge in [-0.25, -0.2) is 0 Å². The van der Waals surface area contributed by atoms with E-state index in [2.05, 4.69) is 15.5 Å². The Kier molecular flexibility index (Phi) is 3.47. The Bertz CT molecular complexity index is 448. The summed E-state index contributed by atoms with van der Waals surface area (Å²) in [6.07, 6.45) is 0.765. The molecular formula is C11H17ClN4O2. The molecule has 2 unspecified atom stereocenters. The number of hydrogen-bond donors (Lipinski definition) is 1. The second-order valence-electron chi connectivity index (χ2n) is 4.85. The molecule has 2 rings (SSSR count). The van der Waals surface area contributed by atoms with Crippen LogP contribution in [0.15, 0.2) is 4.42 Å². The van der Waals surface area contributed by atoms with E-state index in [-0.39, 0.29) is 11.3 Å². The maximum Gasteiger partial charge on any atom is 0.318 e. The van der Waals surface area contributed by atoms with Crippen molar-refractivity contribution >= 4 is 23.5 Å². The number of rotatable bonds is 3. The summed E-state index contributed by atoms with van der Waals surface area (Å²) in [5, 5.41) is 10.2. The van der Waals surface area contributed by atoms with Crippen molar-refractivity contribution < 1.29 is 9.21 Å². The number of nitrogens with one attached hydrogen (secondary N) is 1. The molecule has 18 heavy (non-hydrogen) atoms. The Morgan fingerprint density at radius 3 is 2.89 bits per heavy atom. The predicted molar refractivity (Wildman–Crippen MR) is 67.6 cm³/mol. The molecule has 100 valence electrons. The zero-order valence-electron chi connectivity index (χ0n) is 10.7. The third-order valence-electron chi connectivity index (χ3n) is 3.29. The molecule has 0 aliphatic carbocycles. The van der Waals surface area contributed by atoms with Gasteiger partial charge < -0.3 is 14.6 Å². The molecule has 1 aliphatic rings. The fourth-order valence-corrected chi connectivity index (χ4v) is 2.21. The molecule has 2 atom stereocenters. The Morgan fingerprint density at radius 1 is 1.61 bits per heavy atom. The second-order valence-corrected chi connectivity index (χ2v) is 5.50. The number of carbonyl (C=O) groups is 1. The zero-order valence-corrected chi connectivity index (χ0v) is 11.5. The predicted octanol–water partition coefficient (Wildman–Crippen LogP) is 1.33. The van der Waals surface area contributed by atoms with Gasteiger partial charge in [0, 0.05) is 20.1 Å². The molecule has 0 bridgehead atoms. The van der Waals surface area contributed by atoms with Crippen LogP contribution in [0.1, 0.15) is 31.5 Å². The fraction of sp³-hybridized carbons (Fsp3) is 0.727. The molecule has 1 aromatic rings. The molecule has 1 aromatic heterocycles. The molecule has 2 heterocycles. The molecule has 1 saturated heterocycles. The van der Waals surface area contributed by atoms with Crippen LogP contribution >= 0.6 is 11.6 Å². The van der Waals surface area contributed by atoms with E-state index >= 15 is 0 Å². The smallest absolute Gasteiger partial charge is 0.318 e. The Balaban J connectivity index is 2.10. The molecular weight excluding hydrogens is 256 g/mol. The standard InChI is InChI=1S/C11H17ClN4O2/c1-7(12)8-14-15-10(18-8)16-5-4-11(2,6-16)9(17)13-3/h7H,4-6H2,1-3H3,(H,13,17). The molecule has 0 aromatic carbocycles. The van der Waals surface area contributed by atoms with Crippen LogP contribution in [0.5, 0.6) is 0 Å². The van der Waals surface area contributed by atoms with Crippen LogP contribution < -0.4 is 10.2 Å². The first-order valence-electron chi connectivity index (χ1n) is 5.91. The highest BCUT2D eigenvalue weighted by atomic mass is 35.5. The summed E-state index contributed by atoms with van der Waals surface area (Å²) in [4.78, 5) is 13.7. The SMILES string of the molecule is CNC(=O)C1(C)CCN(c2nnc(C(C)Cl)o2)C1. The number of halogens is 1. The van der Waals surface area contributed by atoms with Gasteiger partial charge in [-0.1, -0.05) is 5.10 Å². The number of amides is 1. The molecule has 0 saturated carbocycles. The van der Waals surface area contributed by atoms with Gasteiger partial charge in [0.2, 0.25) is 11.8 Å². The minimum absolute atomic E-state index is 0.0375. The van der Waals surface area contributed by atoms with Gasteiger partial charge in [0.1, 0.15) is 5.38 Å². The number of nitrogens with zero attached hydrogens (tertiary/aromatic N) is 3. The summed E-state index contributed by atoms with van der Waals surface area (Å²) >= 11 is 5.87. The second kappa shape index (κ2) is 4.76. The van der Waals surface area contributed by atoms with E-state index in [1.807, 2.05) is 11.8 Å². The van der Waals surface area contributed by atoms with Gasteiger partial charge in [-0.15, -0.1) is 16.7 Å². The first kappa shape index (κ1) is 13.1. The molecule has 1 aliphatic heterocycles. The summed E-state index contributed by atoms with van der Waals surface area (Å²) in [6, 6.07) is 0.435. The highest BCUT2D eigenvalue weighted by molar-refractivity contribution is 6.20. The van der Waals surface area contributed by atoms with Crippen LogP contribution in [0, 0.1) is 5.41 Å². The fourth-order valence-electron chi connectivity index (χ4n) is 2.13. The molecule has 0 radical (unpaired) electrons. The Morgan fingerprint density at radius 2 is 2.33 bits per heavy atom. The van der Waals surface area contributed by atoms with E-state index in [1.54, 1.807) is 14.0 Å². The van der Waals surface area contributed by atoms with Crippen molar-refractivity contribution in [3.05, 3.63) is 5.89 Å². The lowest BCUT2D eigenvalue weighted by Gasteiger charge is -2.21. The summed E-state index contributed by atoms with van der Waals surface area (Å²) in [7, 11) is 1.65. The molecule has 1 N–H and O–H groups in total. The maximum absolute atomic E-state index is 11.8. The Labute approximate surface area is 111 Å². The third-order valence-corrected chi connectivity index (χ3v) is 3.48. The van der Waals surface area contributed by atoms with Crippen molar-refractivity contribution in [3.63, 3.8) is 0 Å². The molecule has 0 spiro atoms.